The zero-order valence-corrected chi connectivity index (χ0v) is 14.4. The third-order valence-corrected chi connectivity index (χ3v) is 4.64. The summed E-state index contributed by atoms with van der Waals surface area (Å²) in [6.45, 7) is 1.55. The summed E-state index contributed by atoms with van der Waals surface area (Å²) in [4.78, 5) is 6.02. The molecule has 26 heavy (non-hydrogen) atoms. The molecule has 0 N–H and O–H groups in total. The number of halogens is 2. The molecule has 0 amide bonds. The Morgan fingerprint density at radius 1 is 1.23 bits per heavy atom. The lowest BCUT2D eigenvalue weighted by Gasteiger charge is -2.38. The Bertz CT molecular complexity index is 744. The second-order valence-corrected chi connectivity index (χ2v) is 6.63. The van der Waals surface area contributed by atoms with Crippen molar-refractivity contribution in [1.29, 1.82) is 5.26 Å². The van der Waals surface area contributed by atoms with Crippen LogP contribution < -0.4 is 0 Å². The van der Waals surface area contributed by atoms with Crippen LogP contribution in [0.3, 0.4) is 0 Å². The maximum atomic E-state index is 14.3. The number of alkyl halides is 2. The molecule has 4 nitrogen and oxygen atoms in total. The molecule has 2 aromatic rings. The average molecular weight is 357 g/mol. The molecular formula is C20H21F2N3O. The highest BCUT2D eigenvalue weighted by atomic mass is 19.3. The van der Waals surface area contributed by atoms with Crippen LogP contribution in [0, 0.1) is 17.2 Å². The van der Waals surface area contributed by atoms with E-state index in [0.29, 0.717) is 25.2 Å². The summed E-state index contributed by atoms with van der Waals surface area (Å²) in [5.41, 5.74) is 2.49. The van der Waals surface area contributed by atoms with E-state index in [-0.39, 0.29) is 19.6 Å². The van der Waals surface area contributed by atoms with Crippen molar-refractivity contribution in [3.8, 4) is 6.07 Å². The monoisotopic (exact) mass is 357 g/mol. The lowest BCUT2D eigenvalue weighted by atomic mass is 9.94. The van der Waals surface area contributed by atoms with Crippen LogP contribution in [0.1, 0.15) is 23.1 Å². The van der Waals surface area contributed by atoms with Crippen LogP contribution >= 0.6 is 0 Å². The Morgan fingerprint density at radius 3 is 2.73 bits per heavy atom. The molecule has 1 saturated heterocycles. The molecule has 0 aliphatic carbocycles. The maximum absolute atomic E-state index is 14.3. The van der Waals surface area contributed by atoms with Crippen LogP contribution in [0.2, 0.25) is 0 Å². The highest BCUT2D eigenvalue weighted by molar-refractivity contribution is 5.31. The van der Waals surface area contributed by atoms with Crippen molar-refractivity contribution in [2.45, 2.75) is 25.5 Å². The first kappa shape index (κ1) is 18.4. The molecule has 3 rings (SSSR count). The fraction of sp³-hybridized carbons (Fsp3) is 0.400. The number of nitriles is 1. The summed E-state index contributed by atoms with van der Waals surface area (Å²) in [7, 11) is 0. The first-order valence-electron chi connectivity index (χ1n) is 8.63. The zero-order chi connectivity index (χ0) is 18.4. The van der Waals surface area contributed by atoms with Crippen molar-refractivity contribution in [2.75, 3.05) is 19.7 Å². The molecule has 1 aromatic carbocycles. The van der Waals surface area contributed by atoms with Crippen LogP contribution in [0.25, 0.3) is 0 Å². The van der Waals surface area contributed by atoms with Crippen LogP contribution in [0.5, 0.6) is 0 Å². The molecule has 1 fully saturated rings. The van der Waals surface area contributed by atoms with E-state index in [9.17, 15) is 8.78 Å². The number of ether oxygens (including phenoxy) is 1. The van der Waals surface area contributed by atoms with E-state index in [4.69, 9.17) is 10.00 Å². The number of benzene rings is 1. The molecule has 0 bridgehead atoms. The number of likely N-dealkylation sites (tertiary alicyclic amines) is 1. The normalized spacial score (nSPS) is 19.8. The topological polar surface area (TPSA) is 49.2 Å². The highest BCUT2D eigenvalue weighted by Crippen LogP contribution is 2.34. The van der Waals surface area contributed by atoms with Gasteiger partial charge >= 0.3 is 0 Å². The predicted octanol–water partition coefficient (Wildman–Crippen LogP) is 3.63. The summed E-state index contributed by atoms with van der Waals surface area (Å²) in [5.74, 6) is -3.54. The number of nitrogens with zero attached hydrogens (tertiary/aromatic N) is 3. The fourth-order valence-corrected chi connectivity index (χ4v) is 3.11. The number of aromatic nitrogens is 1. The van der Waals surface area contributed by atoms with Crippen LogP contribution in [-0.4, -0.2) is 35.5 Å². The van der Waals surface area contributed by atoms with Crippen LogP contribution in [0.15, 0.2) is 48.8 Å². The largest absolute Gasteiger partial charge is 0.376 e. The van der Waals surface area contributed by atoms with Crippen molar-refractivity contribution in [2.24, 2.45) is 5.92 Å². The summed E-state index contributed by atoms with van der Waals surface area (Å²) in [6, 6.07) is 13.0. The smallest absolute Gasteiger partial charge is 0.255 e. The lowest BCUT2D eigenvalue weighted by Crippen LogP contribution is -2.48. The van der Waals surface area contributed by atoms with Gasteiger partial charge in [-0.15, -0.1) is 0 Å². The van der Waals surface area contributed by atoms with Gasteiger partial charge < -0.3 is 4.74 Å². The Balaban J connectivity index is 1.54. The van der Waals surface area contributed by atoms with E-state index >= 15 is 0 Å². The molecule has 6 heteroatoms. The molecule has 1 aliphatic heterocycles. The second-order valence-electron chi connectivity index (χ2n) is 6.63. The first-order valence-corrected chi connectivity index (χ1v) is 8.63. The number of pyridine rings is 1. The van der Waals surface area contributed by atoms with Crippen molar-refractivity contribution < 1.29 is 13.5 Å². The summed E-state index contributed by atoms with van der Waals surface area (Å²) >= 11 is 0. The van der Waals surface area contributed by atoms with Gasteiger partial charge in [0, 0.05) is 38.4 Å². The molecule has 1 unspecified atom stereocenters. The Morgan fingerprint density at radius 2 is 2.04 bits per heavy atom. The van der Waals surface area contributed by atoms with Crippen LogP contribution in [-0.2, 0) is 17.9 Å². The molecule has 2 heterocycles. The molecule has 1 atom stereocenters. The van der Waals surface area contributed by atoms with E-state index in [1.54, 1.807) is 30.6 Å². The van der Waals surface area contributed by atoms with Crippen molar-refractivity contribution in [3.05, 3.63) is 65.5 Å². The van der Waals surface area contributed by atoms with Gasteiger partial charge in [0.25, 0.3) is 5.92 Å². The van der Waals surface area contributed by atoms with E-state index in [2.05, 4.69) is 11.1 Å². The van der Waals surface area contributed by atoms with Crippen molar-refractivity contribution in [1.82, 2.24) is 9.88 Å². The number of piperidine rings is 1. The van der Waals surface area contributed by atoms with Crippen molar-refractivity contribution in [3.63, 3.8) is 0 Å². The third kappa shape index (κ3) is 4.84. The van der Waals surface area contributed by atoms with Gasteiger partial charge in [-0.25, -0.2) is 8.78 Å². The van der Waals surface area contributed by atoms with Gasteiger partial charge in [-0.05, 0) is 29.3 Å². The van der Waals surface area contributed by atoms with E-state index in [1.807, 2.05) is 23.1 Å². The fourth-order valence-electron chi connectivity index (χ4n) is 3.11. The van der Waals surface area contributed by atoms with E-state index < -0.39 is 11.8 Å². The zero-order valence-electron chi connectivity index (χ0n) is 14.4. The quantitative estimate of drug-likeness (QED) is 0.792. The van der Waals surface area contributed by atoms with Crippen molar-refractivity contribution >= 4 is 0 Å². The molecule has 1 aromatic heterocycles. The summed E-state index contributed by atoms with van der Waals surface area (Å²) in [5, 5.41) is 8.85. The van der Waals surface area contributed by atoms with E-state index in [0.717, 1.165) is 11.1 Å². The van der Waals surface area contributed by atoms with Gasteiger partial charge in [0.1, 0.15) is 0 Å². The standard InChI is InChI=1S/C20H21F2N3O/c21-20(22)7-9-25(12-17-5-3-16(10-23)4-6-17)13-19(20)15-26-14-18-2-1-8-24-11-18/h1-6,8,11,19H,7,9,12-15H2. The molecule has 0 saturated carbocycles. The van der Waals surface area contributed by atoms with Crippen LogP contribution in [0.4, 0.5) is 8.78 Å². The predicted molar refractivity (Wildman–Crippen MR) is 93.4 cm³/mol. The Hall–Kier alpha value is -2.36. The van der Waals surface area contributed by atoms with Gasteiger partial charge in [-0.3, -0.25) is 9.88 Å². The SMILES string of the molecule is N#Cc1ccc(CN2CCC(F)(F)C(COCc3cccnc3)C2)cc1. The molecule has 0 spiro atoms. The highest BCUT2D eigenvalue weighted by Gasteiger charge is 2.43. The van der Waals surface area contributed by atoms with Gasteiger partial charge in [-0.1, -0.05) is 18.2 Å². The van der Waals surface area contributed by atoms with Gasteiger partial charge in [0.05, 0.1) is 30.8 Å². The Kier molecular flexibility index (Phi) is 5.92. The number of hydrogen-bond donors (Lipinski definition) is 0. The Labute approximate surface area is 152 Å². The van der Waals surface area contributed by atoms with Gasteiger partial charge in [0.2, 0.25) is 0 Å². The average Bonchev–Trinajstić information content (AvgIpc) is 2.66. The first-order chi connectivity index (χ1) is 12.6. The van der Waals surface area contributed by atoms with Gasteiger partial charge in [-0.2, -0.15) is 5.26 Å². The maximum Gasteiger partial charge on any atom is 0.255 e. The molecular weight excluding hydrogens is 336 g/mol. The second kappa shape index (κ2) is 8.35. The summed E-state index contributed by atoms with van der Waals surface area (Å²) in [6.07, 6.45) is 3.18. The number of rotatable bonds is 6. The van der Waals surface area contributed by atoms with Gasteiger partial charge in [0.15, 0.2) is 0 Å². The number of hydrogen-bond acceptors (Lipinski definition) is 4. The minimum atomic E-state index is -2.71. The minimum Gasteiger partial charge on any atom is -0.376 e. The molecule has 136 valence electrons. The van der Waals surface area contributed by atoms with E-state index in [1.165, 1.54) is 0 Å². The minimum absolute atomic E-state index is 0.0196. The molecule has 1 aliphatic rings. The lowest BCUT2D eigenvalue weighted by molar-refractivity contribution is -0.131. The molecule has 0 radical (unpaired) electrons. The third-order valence-electron chi connectivity index (χ3n) is 4.64. The summed E-state index contributed by atoms with van der Waals surface area (Å²) < 4.78 is 34.0.